The van der Waals surface area contributed by atoms with Gasteiger partial charge in [-0.1, -0.05) is 12.1 Å². The van der Waals surface area contributed by atoms with E-state index in [0.29, 0.717) is 24.3 Å². The Morgan fingerprint density at radius 1 is 1.43 bits per heavy atom. The first-order valence-corrected chi connectivity index (χ1v) is 9.05. The number of likely N-dealkylation sites (N-methyl/N-ethyl adjacent to an activating group) is 1. The third kappa shape index (κ3) is 5.06. The zero-order valence-corrected chi connectivity index (χ0v) is 15.8. The van der Waals surface area contributed by atoms with Crippen molar-refractivity contribution >= 4 is 33.2 Å². The minimum absolute atomic E-state index is 0.0893. The molecule has 0 aliphatic heterocycles. The summed E-state index contributed by atoms with van der Waals surface area (Å²) in [5.74, 6) is 0.916. The van der Waals surface area contributed by atoms with Crippen LogP contribution in [0.15, 0.2) is 51.4 Å². The van der Waals surface area contributed by atoms with Gasteiger partial charge in [0, 0.05) is 11.4 Å². The Bertz CT molecular complexity index is 639. The monoisotopic (exact) mass is 396 g/mol. The highest BCUT2D eigenvalue weighted by Crippen LogP contribution is 2.18. The van der Waals surface area contributed by atoms with Crippen LogP contribution in [0.1, 0.15) is 17.6 Å². The SMILES string of the molecule is C=CCN(Cc1cccs1)C(=O)C(C)N(C)Cc1ccc(Br)o1. The molecule has 2 rings (SSSR count). The molecule has 2 aromatic heterocycles. The van der Waals surface area contributed by atoms with Crippen molar-refractivity contribution in [2.24, 2.45) is 0 Å². The zero-order chi connectivity index (χ0) is 16.8. The van der Waals surface area contributed by atoms with Gasteiger partial charge in [0.1, 0.15) is 5.76 Å². The molecule has 0 bridgehead atoms. The van der Waals surface area contributed by atoms with E-state index in [-0.39, 0.29) is 11.9 Å². The summed E-state index contributed by atoms with van der Waals surface area (Å²) in [5, 5.41) is 2.02. The molecule has 2 aromatic rings. The number of amides is 1. The fourth-order valence-electron chi connectivity index (χ4n) is 2.25. The molecule has 0 N–H and O–H groups in total. The van der Waals surface area contributed by atoms with Crippen molar-refractivity contribution in [3.05, 3.63) is 57.6 Å². The normalized spacial score (nSPS) is 12.3. The smallest absolute Gasteiger partial charge is 0.240 e. The number of nitrogens with zero attached hydrogens (tertiary/aromatic N) is 2. The number of rotatable bonds is 8. The lowest BCUT2D eigenvalue weighted by Gasteiger charge is -2.29. The maximum atomic E-state index is 12.8. The Balaban J connectivity index is 2.00. The van der Waals surface area contributed by atoms with Crippen molar-refractivity contribution in [2.45, 2.75) is 26.1 Å². The molecule has 6 heteroatoms. The van der Waals surface area contributed by atoms with Crippen LogP contribution in [0, 0.1) is 0 Å². The van der Waals surface area contributed by atoms with Gasteiger partial charge in [-0.05, 0) is 53.5 Å². The van der Waals surface area contributed by atoms with Gasteiger partial charge in [-0.15, -0.1) is 17.9 Å². The highest BCUT2D eigenvalue weighted by atomic mass is 79.9. The lowest BCUT2D eigenvalue weighted by atomic mass is 10.2. The second-order valence-electron chi connectivity index (χ2n) is 5.38. The van der Waals surface area contributed by atoms with Gasteiger partial charge in [-0.2, -0.15) is 0 Å². The summed E-state index contributed by atoms with van der Waals surface area (Å²) in [6, 6.07) is 7.57. The minimum atomic E-state index is -0.237. The molecule has 0 aliphatic carbocycles. The fourth-order valence-corrected chi connectivity index (χ4v) is 3.31. The summed E-state index contributed by atoms with van der Waals surface area (Å²) in [7, 11) is 1.93. The van der Waals surface area contributed by atoms with Crippen LogP contribution in [0.4, 0.5) is 0 Å². The number of furan rings is 1. The second-order valence-corrected chi connectivity index (χ2v) is 7.20. The van der Waals surface area contributed by atoms with E-state index in [9.17, 15) is 4.79 Å². The lowest BCUT2D eigenvalue weighted by molar-refractivity contribution is -0.136. The maximum absolute atomic E-state index is 12.8. The molecule has 2 heterocycles. The van der Waals surface area contributed by atoms with Gasteiger partial charge in [0.15, 0.2) is 4.67 Å². The van der Waals surface area contributed by atoms with Crippen molar-refractivity contribution in [3.8, 4) is 0 Å². The second kappa shape index (κ2) is 8.47. The topological polar surface area (TPSA) is 36.7 Å². The van der Waals surface area contributed by atoms with Crippen LogP contribution in [0.3, 0.4) is 0 Å². The molecule has 4 nitrogen and oxygen atoms in total. The Hall–Kier alpha value is -1.37. The molecule has 1 atom stereocenters. The van der Waals surface area contributed by atoms with Crippen molar-refractivity contribution in [1.29, 1.82) is 0 Å². The highest BCUT2D eigenvalue weighted by molar-refractivity contribution is 9.10. The van der Waals surface area contributed by atoms with Gasteiger partial charge in [0.05, 0.1) is 19.1 Å². The molecule has 0 saturated carbocycles. The number of carbonyl (C=O) groups is 1. The predicted molar refractivity (Wildman–Crippen MR) is 97.3 cm³/mol. The van der Waals surface area contributed by atoms with Crippen molar-refractivity contribution < 1.29 is 9.21 Å². The van der Waals surface area contributed by atoms with E-state index in [1.165, 1.54) is 4.88 Å². The molecule has 23 heavy (non-hydrogen) atoms. The van der Waals surface area contributed by atoms with E-state index >= 15 is 0 Å². The molecule has 124 valence electrons. The Morgan fingerprint density at radius 3 is 2.78 bits per heavy atom. The average Bonchev–Trinajstić information content (AvgIpc) is 3.17. The largest absolute Gasteiger partial charge is 0.453 e. The Morgan fingerprint density at radius 2 is 2.22 bits per heavy atom. The molecule has 0 saturated heterocycles. The quantitative estimate of drug-likeness (QED) is 0.629. The number of carbonyl (C=O) groups excluding carboxylic acids is 1. The predicted octanol–water partition coefficient (Wildman–Crippen LogP) is 4.14. The molecular weight excluding hydrogens is 376 g/mol. The maximum Gasteiger partial charge on any atom is 0.240 e. The first kappa shape index (κ1) is 18.0. The van der Waals surface area contributed by atoms with Crippen molar-refractivity contribution in [2.75, 3.05) is 13.6 Å². The highest BCUT2D eigenvalue weighted by Gasteiger charge is 2.24. The van der Waals surface area contributed by atoms with Gasteiger partial charge in [-0.3, -0.25) is 9.69 Å². The van der Waals surface area contributed by atoms with Gasteiger partial charge < -0.3 is 9.32 Å². The molecule has 0 aromatic carbocycles. The number of hydrogen-bond donors (Lipinski definition) is 0. The van der Waals surface area contributed by atoms with Crippen LogP contribution in [0.5, 0.6) is 0 Å². The third-order valence-corrected chi connectivity index (χ3v) is 4.93. The van der Waals surface area contributed by atoms with E-state index in [0.717, 1.165) is 5.76 Å². The fraction of sp³-hybridized carbons (Fsp3) is 0.353. The van der Waals surface area contributed by atoms with Crippen LogP contribution in [-0.4, -0.2) is 35.3 Å². The van der Waals surface area contributed by atoms with Crippen LogP contribution in [0.2, 0.25) is 0 Å². The summed E-state index contributed by atoms with van der Waals surface area (Å²) >= 11 is 4.95. The first-order valence-electron chi connectivity index (χ1n) is 7.37. The molecule has 1 amide bonds. The Kier molecular flexibility index (Phi) is 6.62. The molecule has 0 aliphatic rings. The molecule has 1 unspecified atom stereocenters. The summed E-state index contributed by atoms with van der Waals surface area (Å²) in [4.78, 5) is 17.8. The van der Waals surface area contributed by atoms with Crippen LogP contribution in [0.25, 0.3) is 0 Å². The lowest BCUT2D eigenvalue weighted by Crippen LogP contribution is -2.45. The number of hydrogen-bond acceptors (Lipinski definition) is 4. The van der Waals surface area contributed by atoms with Gasteiger partial charge >= 0.3 is 0 Å². The molecule has 0 fully saturated rings. The minimum Gasteiger partial charge on any atom is -0.453 e. The number of halogens is 1. The van der Waals surface area contributed by atoms with Crippen molar-refractivity contribution in [3.63, 3.8) is 0 Å². The average molecular weight is 397 g/mol. The van der Waals surface area contributed by atoms with E-state index in [1.54, 1.807) is 17.4 Å². The van der Waals surface area contributed by atoms with Crippen LogP contribution < -0.4 is 0 Å². The van der Waals surface area contributed by atoms with Crippen LogP contribution >= 0.6 is 27.3 Å². The van der Waals surface area contributed by atoms with Gasteiger partial charge in [0.2, 0.25) is 5.91 Å². The van der Waals surface area contributed by atoms with E-state index in [4.69, 9.17) is 4.42 Å². The number of thiophene rings is 1. The van der Waals surface area contributed by atoms with E-state index < -0.39 is 0 Å². The standard InChI is InChI=1S/C17H21BrN2O2S/c1-4-9-20(12-15-6-5-10-23-15)17(21)13(2)19(3)11-14-7-8-16(18)22-14/h4-8,10,13H,1,9,11-12H2,2-3H3. The first-order chi connectivity index (χ1) is 11.0. The molecular formula is C17H21BrN2O2S. The summed E-state index contributed by atoms with van der Waals surface area (Å²) in [5.41, 5.74) is 0. The zero-order valence-electron chi connectivity index (χ0n) is 13.4. The van der Waals surface area contributed by atoms with Crippen LogP contribution in [-0.2, 0) is 17.9 Å². The summed E-state index contributed by atoms with van der Waals surface area (Å²) < 4.78 is 6.21. The summed E-state index contributed by atoms with van der Waals surface area (Å²) in [6.07, 6.45) is 1.77. The van der Waals surface area contributed by atoms with Crippen molar-refractivity contribution in [1.82, 2.24) is 9.80 Å². The van der Waals surface area contributed by atoms with E-state index in [2.05, 4.69) is 22.5 Å². The molecule has 0 spiro atoms. The molecule has 0 radical (unpaired) electrons. The van der Waals surface area contributed by atoms with E-state index in [1.807, 2.05) is 53.4 Å². The third-order valence-electron chi connectivity index (χ3n) is 3.64. The van der Waals surface area contributed by atoms with Gasteiger partial charge in [-0.25, -0.2) is 0 Å². The summed E-state index contributed by atoms with van der Waals surface area (Å²) in [6.45, 7) is 7.43. The Labute approximate surface area is 149 Å². The van der Waals surface area contributed by atoms with Gasteiger partial charge in [0.25, 0.3) is 0 Å².